The molecule has 3 heteroatoms. The maximum atomic E-state index is 13.0. The fourth-order valence-corrected chi connectivity index (χ4v) is 1.86. The Hall–Kier alpha value is -1.38. The molecule has 17 heavy (non-hydrogen) atoms. The molecule has 0 aliphatic carbocycles. The highest BCUT2D eigenvalue weighted by Crippen LogP contribution is 2.24. The third-order valence-electron chi connectivity index (χ3n) is 2.74. The lowest BCUT2D eigenvalue weighted by atomic mass is 9.99. The van der Waals surface area contributed by atoms with Crippen LogP contribution in [0.4, 0.5) is 4.39 Å². The van der Waals surface area contributed by atoms with Crippen LogP contribution in [0.25, 0.3) is 0 Å². The normalized spacial score (nSPS) is 12.5. The molecule has 2 N–H and O–H groups in total. The van der Waals surface area contributed by atoms with E-state index in [1.54, 1.807) is 12.1 Å². The number of hydrogen-bond donors (Lipinski definition) is 1. The van der Waals surface area contributed by atoms with Gasteiger partial charge in [0.25, 0.3) is 0 Å². The molecule has 0 bridgehead atoms. The zero-order chi connectivity index (χ0) is 12.4. The average Bonchev–Trinajstić information content (AvgIpc) is 2.33. The molecule has 0 amide bonds. The minimum absolute atomic E-state index is 0.102. The van der Waals surface area contributed by atoms with Crippen molar-refractivity contribution in [3.05, 3.63) is 70.0 Å². The molecule has 0 saturated carbocycles. The smallest absolute Gasteiger partial charge is 0.141 e. The number of hydrogen-bond acceptors (Lipinski definition) is 1. The monoisotopic (exact) mass is 249 g/mol. The highest BCUT2D eigenvalue weighted by atomic mass is 35.5. The quantitative estimate of drug-likeness (QED) is 0.860. The minimum atomic E-state index is -0.425. The van der Waals surface area contributed by atoms with Crippen molar-refractivity contribution in [3.63, 3.8) is 0 Å². The van der Waals surface area contributed by atoms with Crippen molar-refractivity contribution < 1.29 is 4.39 Å². The second kappa shape index (κ2) is 4.86. The fraction of sp³-hybridized carbons (Fsp3) is 0.143. The van der Waals surface area contributed by atoms with Gasteiger partial charge in [-0.3, -0.25) is 0 Å². The Balaban J connectivity index is 2.33. The van der Waals surface area contributed by atoms with Crippen molar-refractivity contribution in [2.24, 2.45) is 5.73 Å². The lowest BCUT2D eigenvalue weighted by Crippen LogP contribution is -2.11. The second-order valence-corrected chi connectivity index (χ2v) is 4.47. The van der Waals surface area contributed by atoms with E-state index in [4.69, 9.17) is 17.3 Å². The van der Waals surface area contributed by atoms with E-state index in [1.807, 2.05) is 31.2 Å². The summed E-state index contributed by atoms with van der Waals surface area (Å²) < 4.78 is 13.0. The molecule has 2 aromatic carbocycles. The van der Waals surface area contributed by atoms with Crippen LogP contribution < -0.4 is 5.73 Å². The van der Waals surface area contributed by atoms with E-state index < -0.39 is 5.82 Å². The molecule has 0 fully saturated rings. The average molecular weight is 250 g/mol. The lowest BCUT2D eigenvalue weighted by molar-refractivity contribution is 0.627. The molecule has 0 heterocycles. The predicted octanol–water partition coefficient (Wildman–Crippen LogP) is 3.84. The van der Waals surface area contributed by atoms with Gasteiger partial charge in [-0.1, -0.05) is 47.5 Å². The molecule has 0 aliphatic heterocycles. The highest BCUT2D eigenvalue weighted by Gasteiger charge is 2.10. The number of halogens is 2. The Morgan fingerprint density at radius 3 is 2.24 bits per heavy atom. The van der Waals surface area contributed by atoms with Gasteiger partial charge in [0.2, 0.25) is 0 Å². The molecule has 0 radical (unpaired) electrons. The topological polar surface area (TPSA) is 26.0 Å². The Morgan fingerprint density at radius 2 is 1.65 bits per heavy atom. The summed E-state index contributed by atoms with van der Waals surface area (Å²) in [6, 6.07) is 12.2. The predicted molar refractivity (Wildman–Crippen MR) is 68.6 cm³/mol. The van der Waals surface area contributed by atoms with Gasteiger partial charge >= 0.3 is 0 Å². The summed E-state index contributed by atoms with van der Waals surface area (Å²) in [4.78, 5) is 0. The van der Waals surface area contributed by atoms with Crippen molar-refractivity contribution in [2.45, 2.75) is 13.0 Å². The second-order valence-electron chi connectivity index (χ2n) is 4.06. The standard InChI is InChI=1S/C14H13ClFN/c1-9-2-4-10(5-3-9)14(17)11-6-7-13(16)12(15)8-11/h2-8,14H,17H2,1H3. The molecule has 2 rings (SSSR count). The zero-order valence-corrected chi connectivity index (χ0v) is 10.2. The van der Waals surface area contributed by atoms with Gasteiger partial charge in [-0.25, -0.2) is 4.39 Å². The first-order chi connectivity index (χ1) is 8.08. The van der Waals surface area contributed by atoms with Crippen LogP contribution >= 0.6 is 11.6 Å². The van der Waals surface area contributed by atoms with E-state index in [0.29, 0.717) is 0 Å². The Morgan fingerprint density at radius 1 is 1.06 bits per heavy atom. The van der Waals surface area contributed by atoms with Crippen LogP contribution in [0.5, 0.6) is 0 Å². The molecule has 1 nitrogen and oxygen atoms in total. The molecular weight excluding hydrogens is 237 g/mol. The molecule has 0 saturated heterocycles. The van der Waals surface area contributed by atoms with Gasteiger partial charge < -0.3 is 5.73 Å². The van der Waals surface area contributed by atoms with Gasteiger partial charge in [-0.05, 0) is 30.2 Å². The Bertz CT molecular complexity index is 522. The third-order valence-corrected chi connectivity index (χ3v) is 3.03. The van der Waals surface area contributed by atoms with Crippen molar-refractivity contribution >= 4 is 11.6 Å². The molecular formula is C14H13ClFN. The van der Waals surface area contributed by atoms with E-state index in [0.717, 1.165) is 11.1 Å². The summed E-state index contributed by atoms with van der Waals surface area (Å²) in [6.45, 7) is 2.02. The largest absolute Gasteiger partial charge is 0.320 e. The molecule has 0 spiro atoms. The van der Waals surface area contributed by atoms with Crippen LogP contribution in [-0.4, -0.2) is 0 Å². The van der Waals surface area contributed by atoms with Crippen molar-refractivity contribution in [2.75, 3.05) is 0 Å². The van der Waals surface area contributed by atoms with E-state index in [1.165, 1.54) is 11.6 Å². The molecule has 2 aromatic rings. The first kappa shape index (κ1) is 12.1. The number of aryl methyl sites for hydroxylation is 1. The zero-order valence-electron chi connectivity index (χ0n) is 9.45. The Labute approximate surface area is 105 Å². The first-order valence-corrected chi connectivity index (χ1v) is 5.73. The van der Waals surface area contributed by atoms with E-state index in [9.17, 15) is 4.39 Å². The molecule has 1 unspecified atom stereocenters. The van der Waals surface area contributed by atoms with Crippen molar-refractivity contribution in [3.8, 4) is 0 Å². The van der Waals surface area contributed by atoms with Gasteiger partial charge in [0.15, 0.2) is 0 Å². The molecule has 1 atom stereocenters. The summed E-state index contributed by atoms with van der Waals surface area (Å²) in [5.41, 5.74) is 9.07. The highest BCUT2D eigenvalue weighted by molar-refractivity contribution is 6.30. The molecule has 88 valence electrons. The van der Waals surface area contributed by atoms with E-state index >= 15 is 0 Å². The van der Waals surface area contributed by atoms with Crippen LogP contribution in [0.15, 0.2) is 42.5 Å². The molecule has 0 aliphatic rings. The summed E-state index contributed by atoms with van der Waals surface area (Å²) >= 11 is 5.74. The maximum Gasteiger partial charge on any atom is 0.141 e. The van der Waals surface area contributed by atoms with Gasteiger partial charge in [0, 0.05) is 0 Å². The van der Waals surface area contributed by atoms with Crippen LogP contribution in [0.1, 0.15) is 22.7 Å². The van der Waals surface area contributed by atoms with Crippen LogP contribution in [0, 0.1) is 12.7 Å². The summed E-state index contributed by atoms with van der Waals surface area (Å²) in [6.07, 6.45) is 0. The van der Waals surface area contributed by atoms with Crippen molar-refractivity contribution in [1.29, 1.82) is 0 Å². The summed E-state index contributed by atoms with van der Waals surface area (Å²) in [5, 5.41) is 0.102. The summed E-state index contributed by atoms with van der Waals surface area (Å²) in [7, 11) is 0. The number of benzene rings is 2. The van der Waals surface area contributed by atoms with Gasteiger partial charge in [0.05, 0.1) is 11.1 Å². The number of rotatable bonds is 2. The van der Waals surface area contributed by atoms with Crippen LogP contribution in [-0.2, 0) is 0 Å². The van der Waals surface area contributed by atoms with Crippen LogP contribution in [0.3, 0.4) is 0 Å². The number of nitrogens with two attached hydrogens (primary N) is 1. The molecule has 0 aromatic heterocycles. The fourth-order valence-electron chi connectivity index (χ4n) is 1.67. The lowest BCUT2D eigenvalue weighted by Gasteiger charge is -2.13. The van der Waals surface area contributed by atoms with Gasteiger partial charge in [0.1, 0.15) is 5.82 Å². The maximum absolute atomic E-state index is 13.0. The summed E-state index contributed by atoms with van der Waals surface area (Å²) in [5.74, 6) is -0.425. The van der Waals surface area contributed by atoms with Crippen LogP contribution in [0.2, 0.25) is 5.02 Å². The SMILES string of the molecule is Cc1ccc(C(N)c2ccc(F)c(Cl)c2)cc1. The van der Waals surface area contributed by atoms with Gasteiger partial charge in [-0.15, -0.1) is 0 Å². The Kier molecular flexibility index (Phi) is 3.46. The van der Waals surface area contributed by atoms with E-state index in [-0.39, 0.29) is 11.1 Å². The first-order valence-electron chi connectivity index (χ1n) is 5.35. The van der Waals surface area contributed by atoms with Gasteiger partial charge in [-0.2, -0.15) is 0 Å². The van der Waals surface area contributed by atoms with E-state index in [2.05, 4.69) is 0 Å². The minimum Gasteiger partial charge on any atom is -0.320 e. The third kappa shape index (κ3) is 2.65. The van der Waals surface area contributed by atoms with Crippen molar-refractivity contribution in [1.82, 2.24) is 0 Å².